The van der Waals surface area contributed by atoms with E-state index in [-0.39, 0.29) is 11.5 Å². The summed E-state index contributed by atoms with van der Waals surface area (Å²) in [5.74, 6) is 0. The van der Waals surface area contributed by atoms with Gasteiger partial charge in [0.05, 0.1) is 6.10 Å². The Hall–Kier alpha value is -0.0800. The second-order valence-corrected chi connectivity index (χ2v) is 5.33. The lowest BCUT2D eigenvalue weighted by Gasteiger charge is -2.27. The first-order valence-electron chi connectivity index (χ1n) is 5.79. The van der Waals surface area contributed by atoms with Crippen molar-refractivity contribution in [1.82, 2.24) is 5.32 Å². The number of aliphatic hydroxyl groups excluding tert-OH is 1. The van der Waals surface area contributed by atoms with E-state index in [2.05, 4.69) is 39.9 Å². The van der Waals surface area contributed by atoms with Crippen molar-refractivity contribution in [3.63, 3.8) is 0 Å². The van der Waals surface area contributed by atoms with Crippen LogP contribution >= 0.6 is 0 Å². The molecule has 0 aromatic rings. The monoisotopic (exact) mass is 201 g/mol. The van der Waals surface area contributed by atoms with Gasteiger partial charge in [0.15, 0.2) is 0 Å². The van der Waals surface area contributed by atoms with Gasteiger partial charge in [-0.3, -0.25) is 0 Å². The smallest absolute Gasteiger partial charge is 0.0712 e. The van der Waals surface area contributed by atoms with Crippen LogP contribution in [-0.2, 0) is 0 Å². The molecule has 2 heteroatoms. The van der Waals surface area contributed by atoms with Crippen LogP contribution in [0.1, 0.15) is 53.9 Å². The maximum atomic E-state index is 9.80. The quantitative estimate of drug-likeness (QED) is 0.692. The van der Waals surface area contributed by atoms with Crippen molar-refractivity contribution in [3.8, 4) is 0 Å². The molecule has 0 saturated carbocycles. The highest BCUT2D eigenvalue weighted by atomic mass is 16.3. The molecular weight excluding hydrogens is 174 g/mol. The normalized spacial score (nSPS) is 16.7. The van der Waals surface area contributed by atoms with E-state index in [0.29, 0.717) is 12.6 Å². The lowest BCUT2D eigenvalue weighted by molar-refractivity contribution is 0.0606. The molecule has 0 bridgehead atoms. The van der Waals surface area contributed by atoms with Crippen molar-refractivity contribution in [2.45, 2.75) is 66.0 Å². The minimum Gasteiger partial charge on any atom is -0.391 e. The summed E-state index contributed by atoms with van der Waals surface area (Å²) in [4.78, 5) is 0. The van der Waals surface area contributed by atoms with Crippen molar-refractivity contribution in [2.24, 2.45) is 5.41 Å². The van der Waals surface area contributed by atoms with E-state index >= 15 is 0 Å². The van der Waals surface area contributed by atoms with Gasteiger partial charge in [0.1, 0.15) is 0 Å². The average molecular weight is 201 g/mol. The van der Waals surface area contributed by atoms with E-state index in [9.17, 15) is 5.11 Å². The van der Waals surface area contributed by atoms with Gasteiger partial charge in [-0.25, -0.2) is 0 Å². The van der Waals surface area contributed by atoms with E-state index in [4.69, 9.17) is 0 Å². The van der Waals surface area contributed by atoms with Crippen LogP contribution < -0.4 is 5.32 Å². The molecule has 14 heavy (non-hydrogen) atoms. The van der Waals surface area contributed by atoms with Gasteiger partial charge in [0.2, 0.25) is 0 Å². The van der Waals surface area contributed by atoms with Crippen molar-refractivity contribution >= 4 is 0 Å². The molecular formula is C12H27NO. The minimum atomic E-state index is -0.258. The van der Waals surface area contributed by atoms with Crippen LogP contribution in [0.3, 0.4) is 0 Å². The summed E-state index contributed by atoms with van der Waals surface area (Å²) < 4.78 is 0. The van der Waals surface area contributed by atoms with Gasteiger partial charge in [-0.05, 0) is 18.8 Å². The van der Waals surface area contributed by atoms with Crippen molar-refractivity contribution < 1.29 is 5.11 Å². The molecule has 0 heterocycles. The van der Waals surface area contributed by atoms with E-state index in [1.807, 2.05) is 0 Å². The molecule has 0 aliphatic carbocycles. The topological polar surface area (TPSA) is 32.3 Å². The molecule has 2 nitrogen and oxygen atoms in total. The highest BCUT2D eigenvalue weighted by Gasteiger charge is 2.21. The van der Waals surface area contributed by atoms with Crippen molar-refractivity contribution in [2.75, 3.05) is 6.54 Å². The molecule has 2 N–H and O–H groups in total. The fourth-order valence-corrected chi connectivity index (χ4v) is 1.23. The molecule has 0 aromatic heterocycles. The van der Waals surface area contributed by atoms with Crippen LogP contribution in [-0.4, -0.2) is 23.8 Å². The first kappa shape index (κ1) is 13.9. The van der Waals surface area contributed by atoms with Crippen molar-refractivity contribution in [3.05, 3.63) is 0 Å². The molecule has 0 radical (unpaired) electrons. The fourth-order valence-electron chi connectivity index (χ4n) is 1.23. The fraction of sp³-hybridized carbons (Fsp3) is 1.00. The summed E-state index contributed by atoms with van der Waals surface area (Å²) in [6, 6.07) is 0.520. The molecule has 0 fully saturated rings. The summed E-state index contributed by atoms with van der Waals surface area (Å²) in [7, 11) is 0. The molecule has 0 rings (SSSR count). The third-order valence-corrected chi connectivity index (χ3v) is 2.65. The largest absolute Gasteiger partial charge is 0.391 e. The Kier molecular flexibility index (Phi) is 6.38. The van der Waals surface area contributed by atoms with Gasteiger partial charge in [-0.2, -0.15) is 0 Å². The second-order valence-electron chi connectivity index (χ2n) is 5.33. The van der Waals surface area contributed by atoms with Gasteiger partial charge >= 0.3 is 0 Å². The Morgan fingerprint density at radius 2 is 1.86 bits per heavy atom. The summed E-state index contributed by atoms with van der Waals surface area (Å²) in [6.45, 7) is 11.3. The van der Waals surface area contributed by atoms with E-state index in [1.54, 1.807) is 0 Å². The lowest BCUT2D eigenvalue weighted by Crippen LogP contribution is -2.40. The molecule has 86 valence electrons. The van der Waals surface area contributed by atoms with Crippen LogP contribution in [0.2, 0.25) is 0 Å². The summed E-state index contributed by atoms with van der Waals surface area (Å²) in [5.41, 5.74) is -0.0164. The van der Waals surface area contributed by atoms with E-state index in [0.717, 1.165) is 0 Å². The predicted octanol–water partition coefficient (Wildman–Crippen LogP) is 2.56. The number of hydrogen-bond donors (Lipinski definition) is 2. The van der Waals surface area contributed by atoms with Gasteiger partial charge in [0, 0.05) is 12.6 Å². The second kappa shape index (κ2) is 6.41. The number of aliphatic hydroxyl groups is 1. The standard InChI is InChI=1S/C12H27NO/c1-6-7-8-10(2)13-9-11(14)12(3,4)5/h10-11,13-14H,6-9H2,1-5H3. The number of nitrogens with one attached hydrogen (secondary N) is 1. The highest BCUT2D eigenvalue weighted by molar-refractivity contribution is 4.76. The maximum absolute atomic E-state index is 9.80. The number of rotatable bonds is 6. The molecule has 0 spiro atoms. The van der Waals surface area contributed by atoms with Crippen LogP contribution in [0.15, 0.2) is 0 Å². The molecule has 2 unspecified atom stereocenters. The van der Waals surface area contributed by atoms with Crippen LogP contribution in [0.25, 0.3) is 0 Å². The van der Waals surface area contributed by atoms with Crippen LogP contribution in [0, 0.1) is 5.41 Å². The molecule has 2 atom stereocenters. The zero-order valence-corrected chi connectivity index (χ0v) is 10.4. The molecule has 0 aliphatic rings. The maximum Gasteiger partial charge on any atom is 0.0712 e. The molecule has 0 aromatic carbocycles. The summed E-state index contributed by atoms with van der Waals surface area (Å²) >= 11 is 0. The Bertz CT molecular complexity index is 140. The third-order valence-electron chi connectivity index (χ3n) is 2.65. The number of unbranched alkanes of at least 4 members (excludes halogenated alkanes) is 1. The summed E-state index contributed by atoms with van der Waals surface area (Å²) in [5, 5.41) is 13.2. The highest BCUT2D eigenvalue weighted by Crippen LogP contribution is 2.18. The van der Waals surface area contributed by atoms with Gasteiger partial charge in [-0.15, -0.1) is 0 Å². The molecule has 0 aliphatic heterocycles. The zero-order chi connectivity index (χ0) is 11.2. The zero-order valence-electron chi connectivity index (χ0n) is 10.4. The van der Waals surface area contributed by atoms with E-state index in [1.165, 1.54) is 19.3 Å². The van der Waals surface area contributed by atoms with Gasteiger partial charge in [-0.1, -0.05) is 40.5 Å². The predicted molar refractivity (Wildman–Crippen MR) is 62.5 cm³/mol. The Labute approximate surface area is 89.1 Å². The Morgan fingerprint density at radius 3 is 2.29 bits per heavy atom. The van der Waals surface area contributed by atoms with Crippen LogP contribution in [0.4, 0.5) is 0 Å². The minimum absolute atomic E-state index is 0.0164. The third kappa shape index (κ3) is 6.39. The first-order chi connectivity index (χ1) is 6.38. The van der Waals surface area contributed by atoms with Crippen molar-refractivity contribution in [1.29, 1.82) is 0 Å². The first-order valence-corrected chi connectivity index (χ1v) is 5.79. The average Bonchev–Trinajstić information content (AvgIpc) is 2.09. The lowest BCUT2D eigenvalue weighted by atomic mass is 9.89. The Balaban J connectivity index is 3.61. The molecule has 0 saturated heterocycles. The van der Waals surface area contributed by atoms with Gasteiger partial charge < -0.3 is 10.4 Å². The Morgan fingerprint density at radius 1 is 1.29 bits per heavy atom. The summed E-state index contributed by atoms with van der Waals surface area (Å²) in [6.07, 6.45) is 3.45. The van der Waals surface area contributed by atoms with Crippen LogP contribution in [0.5, 0.6) is 0 Å². The SMILES string of the molecule is CCCCC(C)NCC(O)C(C)(C)C. The van der Waals surface area contributed by atoms with Gasteiger partial charge in [0.25, 0.3) is 0 Å². The molecule has 0 amide bonds. The van der Waals surface area contributed by atoms with E-state index < -0.39 is 0 Å². The number of hydrogen-bond acceptors (Lipinski definition) is 2.